The van der Waals surface area contributed by atoms with Gasteiger partial charge in [-0.15, -0.1) is 0 Å². The maximum atomic E-state index is 12.3. The molecule has 4 rings (SSSR count). The summed E-state index contributed by atoms with van der Waals surface area (Å²) in [7, 11) is 0. The van der Waals surface area contributed by atoms with E-state index in [4.69, 9.17) is 9.72 Å². The Morgan fingerprint density at radius 2 is 1.97 bits per heavy atom. The number of benzene rings is 1. The van der Waals surface area contributed by atoms with Crippen LogP contribution in [0.25, 0.3) is 10.2 Å². The van der Waals surface area contributed by atoms with Crippen LogP contribution in [0.1, 0.15) is 44.9 Å². The first-order chi connectivity index (χ1) is 15.2. The molecular formula is C22H31N5O3S. The zero-order valence-electron chi connectivity index (χ0n) is 17.8. The smallest absolute Gasteiger partial charge is 0.315 e. The summed E-state index contributed by atoms with van der Waals surface area (Å²) in [4.78, 5) is 31.2. The van der Waals surface area contributed by atoms with Gasteiger partial charge in [-0.05, 0) is 37.5 Å². The van der Waals surface area contributed by atoms with Crippen molar-refractivity contribution in [1.29, 1.82) is 0 Å². The summed E-state index contributed by atoms with van der Waals surface area (Å²) in [5.41, 5.74) is 1.72. The molecule has 0 bridgehead atoms. The number of morpholine rings is 1. The van der Waals surface area contributed by atoms with E-state index in [1.165, 1.54) is 19.3 Å². The van der Waals surface area contributed by atoms with Gasteiger partial charge >= 0.3 is 6.03 Å². The number of carbonyl (C=O) groups is 2. The van der Waals surface area contributed by atoms with E-state index < -0.39 is 0 Å². The largest absolute Gasteiger partial charge is 0.378 e. The number of aromatic nitrogens is 1. The molecule has 0 radical (unpaired) electrons. The van der Waals surface area contributed by atoms with E-state index in [0.29, 0.717) is 25.4 Å². The Kier molecular flexibility index (Phi) is 7.58. The Balaban J connectivity index is 1.19. The lowest BCUT2D eigenvalue weighted by Crippen LogP contribution is -2.43. The fourth-order valence-corrected chi connectivity index (χ4v) is 5.09. The van der Waals surface area contributed by atoms with E-state index in [9.17, 15) is 9.59 Å². The molecule has 9 heteroatoms. The number of rotatable bonds is 7. The topological polar surface area (TPSA) is 95.6 Å². The number of hydrogen-bond acceptors (Lipinski definition) is 6. The molecule has 3 N–H and O–H groups in total. The lowest BCUT2D eigenvalue weighted by molar-refractivity contribution is -0.116. The van der Waals surface area contributed by atoms with E-state index in [-0.39, 0.29) is 11.9 Å². The van der Waals surface area contributed by atoms with Gasteiger partial charge in [-0.2, -0.15) is 0 Å². The SMILES string of the molecule is O=C(CCCNC(=O)NC1CCCCC1)Nc1ccc2nc(N3CCOCC3)sc2c1. The highest BCUT2D eigenvalue weighted by atomic mass is 32.1. The minimum Gasteiger partial charge on any atom is -0.378 e. The highest BCUT2D eigenvalue weighted by Gasteiger charge is 2.16. The molecule has 1 aliphatic carbocycles. The van der Waals surface area contributed by atoms with Crippen LogP contribution in [0.3, 0.4) is 0 Å². The summed E-state index contributed by atoms with van der Waals surface area (Å²) in [6.45, 7) is 3.66. The van der Waals surface area contributed by atoms with Crippen LogP contribution in [-0.2, 0) is 9.53 Å². The van der Waals surface area contributed by atoms with Crippen molar-refractivity contribution in [2.45, 2.75) is 51.0 Å². The zero-order chi connectivity index (χ0) is 21.5. The second-order valence-electron chi connectivity index (χ2n) is 8.17. The second-order valence-corrected chi connectivity index (χ2v) is 9.17. The molecule has 0 atom stereocenters. The van der Waals surface area contributed by atoms with Crippen molar-refractivity contribution in [1.82, 2.24) is 15.6 Å². The van der Waals surface area contributed by atoms with Crippen molar-refractivity contribution in [2.75, 3.05) is 43.1 Å². The third-order valence-electron chi connectivity index (χ3n) is 5.75. The average Bonchev–Trinajstić information content (AvgIpc) is 3.21. The van der Waals surface area contributed by atoms with Crippen molar-refractivity contribution >= 4 is 44.3 Å². The first-order valence-corrected chi connectivity index (χ1v) is 12.1. The van der Waals surface area contributed by atoms with Gasteiger partial charge in [0.1, 0.15) is 0 Å². The molecule has 8 nitrogen and oxygen atoms in total. The third-order valence-corrected chi connectivity index (χ3v) is 6.83. The van der Waals surface area contributed by atoms with Crippen LogP contribution >= 0.6 is 11.3 Å². The molecule has 2 aromatic rings. The Bertz CT molecular complexity index is 890. The van der Waals surface area contributed by atoms with Crippen LogP contribution in [0.4, 0.5) is 15.6 Å². The molecule has 1 aromatic carbocycles. The quantitative estimate of drug-likeness (QED) is 0.567. The Labute approximate surface area is 186 Å². The van der Waals surface area contributed by atoms with Crippen LogP contribution in [0.2, 0.25) is 0 Å². The number of amides is 3. The molecule has 2 heterocycles. The minimum atomic E-state index is -0.126. The number of hydrogen-bond donors (Lipinski definition) is 3. The first-order valence-electron chi connectivity index (χ1n) is 11.2. The van der Waals surface area contributed by atoms with Crippen LogP contribution < -0.4 is 20.9 Å². The zero-order valence-corrected chi connectivity index (χ0v) is 18.6. The van der Waals surface area contributed by atoms with Gasteiger partial charge in [0.2, 0.25) is 5.91 Å². The Hall–Kier alpha value is -2.39. The Morgan fingerprint density at radius 3 is 2.77 bits per heavy atom. The van der Waals surface area contributed by atoms with Crippen LogP contribution in [0.15, 0.2) is 18.2 Å². The monoisotopic (exact) mass is 445 g/mol. The molecular weight excluding hydrogens is 414 g/mol. The number of nitrogens with zero attached hydrogens (tertiary/aromatic N) is 2. The number of carbonyl (C=O) groups excluding carboxylic acids is 2. The fraction of sp³-hybridized carbons (Fsp3) is 0.591. The summed E-state index contributed by atoms with van der Waals surface area (Å²) in [5.74, 6) is -0.0493. The predicted molar refractivity (Wildman–Crippen MR) is 124 cm³/mol. The number of thiazole rings is 1. The lowest BCUT2D eigenvalue weighted by atomic mass is 9.96. The summed E-state index contributed by atoms with van der Waals surface area (Å²) in [6, 6.07) is 5.98. The van der Waals surface area contributed by atoms with Gasteiger partial charge in [0.15, 0.2) is 5.13 Å². The van der Waals surface area contributed by atoms with E-state index >= 15 is 0 Å². The van der Waals surface area contributed by atoms with E-state index in [0.717, 1.165) is 60.2 Å². The number of anilines is 2. The maximum Gasteiger partial charge on any atom is 0.315 e. The van der Waals surface area contributed by atoms with Gasteiger partial charge in [-0.25, -0.2) is 9.78 Å². The first kappa shape index (κ1) is 21.8. The average molecular weight is 446 g/mol. The molecule has 2 fully saturated rings. The number of nitrogens with one attached hydrogen (secondary N) is 3. The third kappa shape index (κ3) is 6.30. The van der Waals surface area contributed by atoms with Crippen LogP contribution in [0.5, 0.6) is 0 Å². The standard InChI is InChI=1S/C22H31N5O3S/c28-20(7-4-10-23-21(29)25-16-5-2-1-3-6-16)24-17-8-9-18-19(15-17)31-22(26-18)27-11-13-30-14-12-27/h8-9,15-16H,1-7,10-14H2,(H,24,28)(H2,23,25,29). The van der Waals surface area contributed by atoms with Crippen molar-refractivity contribution in [3.8, 4) is 0 Å². The number of fused-ring (bicyclic) bond motifs is 1. The summed E-state index contributed by atoms with van der Waals surface area (Å²) in [5, 5.41) is 9.83. The summed E-state index contributed by atoms with van der Waals surface area (Å²) < 4.78 is 6.46. The van der Waals surface area contributed by atoms with Crippen molar-refractivity contribution in [2.24, 2.45) is 0 Å². The molecule has 1 aliphatic heterocycles. The van der Waals surface area contributed by atoms with Gasteiger partial charge in [-0.3, -0.25) is 4.79 Å². The van der Waals surface area contributed by atoms with Gasteiger partial charge in [0.05, 0.1) is 23.4 Å². The fourth-order valence-electron chi connectivity index (χ4n) is 4.04. The van der Waals surface area contributed by atoms with Gasteiger partial charge in [0.25, 0.3) is 0 Å². The maximum absolute atomic E-state index is 12.3. The van der Waals surface area contributed by atoms with Gasteiger partial charge < -0.3 is 25.6 Å². The molecule has 0 spiro atoms. The molecule has 0 unspecified atom stereocenters. The van der Waals surface area contributed by atoms with Crippen LogP contribution in [-0.4, -0.2) is 55.8 Å². The second kappa shape index (κ2) is 10.8. The van der Waals surface area contributed by atoms with E-state index in [2.05, 4.69) is 20.9 Å². The molecule has 3 amide bonds. The molecule has 1 saturated carbocycles. The Morgan fingerprint density at radius 1 is 1.16 bits per heavy atom. The normalized spacial score (nSPS) is 17.5. The molecule has 168 valence electrons. The molecule has 1 aromatic heterocycles. The van der Waals surface area contributed by atoms with Gasteiger partial charge in [-0.1, -0.05) is 30.6 Å². The predicted octanol–water partition coefficient (Wildman–Crippen LogP) is 3.48. The van der Waals surface area contributed by atoms with Crippen molar-refractivity contribution < 1.29 is 14.3 Å². The van der Waals surface area contributed by atoms with Gasteiger partial charge in [0, 0.05) is 37.8 Å². The van der Waals surface area contributed by atoms with Crippen molar-refractivity contribution in [3.63, 3.8) is 0 Å². The molecule has 31 heavy (non-hydrogen) atoms. The highest BCUT2D eigenvalue weighted by molar-refractivity contribution is 7.22. The molecule has 1 saturated heterocycles. The number of ether oxygens (including phenoxy) is 1. The van der Waals surface area contributed by atoms with E-state index in [1.54, 1.807) is 11.3 Å². The molecule has 2 aliphatic rings. The minimum absolute atomic E-state index is 0.0493. The number of urea groups is 1. The van der Waals surface area contributed by atoms with Crippen LogP contribution in [0, 0.1) is 0 Å². The van der Waals surface area contributed by atoms with E-state index in [1.807, 2.05) is 18.2 Å². The highest BCUT2D eigenvalue weighted by Crippen LogP contribution is 2.31. The summed E-state index contributed by atoms with van der Waals surface area (Å²) >= 11 is 1.64. The lowest BCUT2D eigenvalue weighted by Gasteiger charge is -2.25. The van der Waals surface area contributed by atoms with Crippen molar-refractivity contribution in [3.05, 3.63) is 18.2 Å². The summed E-state index contributed by atoms with van der Waals surface area (Å²) in [6.07, 6.45) is 6.74.